The Morgan fingerprint density at radius 3 is 2.58 bits per heavy atom. The van der Waals surface area contributed by atoms with Gasteiger partial charge in [0.15, 0.2) is 0 Å². The lowest BCUT2D eigenvalue weighted by Gasteiger charge is -2.20. The van der Waals surface area contributed by atoms with E-state index in [0.717, 1.165) is 17.5 Å². The molecule has 1 amide bonds. The summed E-state index contributed by atoms with van der Waals surface area (Å²) in [7, 11) is 0. The second kappa shape index (κ2) is 6.59. The van der Waals surface area contributed by atoms with Crippen LogP contribution in [0.25, 0.3) is 0 Å². The molecule has 3 unspecified atom stereocenters. The zero-order valence-electron chi connectivity index (χ0n) is 13.5. The molecule has 124 valence electrons. The standard InChI is InChI=1S/C19H21N3O2/c23-18(12-15-11-13-2-3-14(15)10-13)22-16-4-6-17(7-5-16)24-19-20-8-1-9-21-19/h1,4-9,13-15H,2-3,10-12H2,(H,22,23). The van der Waals surface area contributed by atoms with Crippen LogP contribution in [0, 0.1) is 17.8 Å². The number of anilines is 1. The lowest BCUT2D eigenvalue weighted by molar-refractivity contribution is -0.117. The molecule has 2 bridgehead atoms. The molecule has 1 N–H and O–H groups in total. The van der Waals surface area contributed by atoms with Crippen molar-refractivity contribution in [2.45, 2.75) is 32.1 Å². The summed E-state index contributed by atoms with van der Waals surface area (Å²) in [5.74, 6) is 3.01. The average molecular weight is 323 g/mol. The Balaban J connectivity index is 1.31. The summed E-state index contributed by atoms with van der Waals surface area (Å²) >= 11 is 0. The Kier molecular flexibility index (Phi) is 4.15. The third kappa shape index (κ3) is 3.40. The highest BCUT2D eigenvalue weighted by atomic mass is 16.5. The maximum absolute atomic E-state index is 12.3. The first-order valence-electron chi connectivity index (χ1n) is 8.61. The highest BCUT2D eigenvalue weighted by Gasteiger charge is 2.40. The van der Waals surface area contributed by atoms with Gasteiger partial charge in [-0.1, -0.05) is 6.42 Å². The Morgan fingerprint density at radius 2 is 1.92 bits per heavy atom. The Hall–Kier alpha value is -2.43. The average Bonchev–Trinajstić information content (AvgIpc) is 3.20. The van der Waals surface area contributed by atoms with Crippen molar-refractivity contribution in [3.63, 3.8) is 0 Å². The van der Waals surface area contributed by atoms with Crippen molar-refractivity contribution in [3.8, 4) is 11.8 Å². The van der Waals surface area contributed by atoms with Gasteiger partial charge in [-0.2, -0.15) is 0 Å². The molecule has 2 aromatic rings. The lowest BCUT2D eigenvalue weighted by Crippen LogP contribution is -2.20. The van der Waals surface area contributed by atoms with Gasteiger partial charge in [-0.15, -0.1) is 0 Å². The van der Waals surface area contributed by atoms with Crippen LogP contribution in [-0.4, -0.2) is 15.9 Å². The van der Waals surface area contributed by atoms with Crippen molar-refractivity contribution in [2.24, 2.45) is 17.8 Å². The van der Waals surface area contributed by atoms with E-state index in [1.807, 2.05) is 24.3 Å². The summed E-state index contributed by atoms with van der Waals surface area (Å²) in [6, 6.07) is 9.35. The fourth-order valence-corrected chi connectivity index (χ4v) is 4.13. The summed E-state index contributed by atoms with van der Waals surface area (Å²) < 4.78 is 5.54. The molecular formula is C19H21N3O2. The van der Waals surface area contributed by atoms with Crippen molar-refractivity contribution in [1.29, 1.82) is 0 Å². The second-order valence-electron chi connectivity index (χ2n) is 6.85. The first-order valence-corrected chi connectivity index (χ1v) is 8.61. The summed E-state index contributed by atoms with van der Waals surface area (Å²) in [6.45, 7) is 0. The zero-order valence-corrected chi connectivity index (χ0v) is 13.5. The molecule has 2 aliphatic carbocycles. The fraction of sp³-hybridized carbons (Fsp3) is 0.421. The van der Waals surface area contributed by atoms with Gasteiger partial charge in [0.2, 0.25) is 5.91 Å². The fourth-order valence-electron chi connectivity index (χ4n) is 4.13. The largest absolute Gasteiger partial charge is 0.424 e. The highest BCUT2D eigenvalue weighted by molar-refractivity contribution is 5.90. The van der Waals surface area contributed by atoms with Gasteiger partial charge in [-0.05, 0) is 67.3 Å². The van der Waals surface area contributed by atoms with Crippen LogP contribution in [0.1, 0.15) is 32.1 Å². The minimum absolute atomic E-state index is 0.118. The highest BCUT2D eigenvalue weighted by Crippen LogP contribution is 2.49. The van der Waals surface area contributed by atoms with Gasteiger partial charge in [-0.3, -0.25) is 4.79 Å². The van der Waals surface area contributed by atoms with E-state index in [-0.39, 0.29) is 5.91 Å². The molecule has 5 nitrogen and oxygen atoms in total. The number of hydrogen-bond acceptors (Lipinski definition) is 4. The Labute approximate surface area is 141 Å². The minimum Gasteiger partial charge on any atom is -0.424 e. The third-order valence-electron chi connectivity index (χ3n) is 5.22. The monoisotopic (exact) mass is 323 g/mol. The van der Waals surface area contributed by atoms with E-state index in [9.17, 15) is 4.79 Å². The number of fused-ring (bicyclic) bond motifs is 2. The van der Waals surface area contributed by atoms with E-state index < -0.39 is 0 Å². The number of nitrogens with zero attached hydrogens (tertiary/aromatic N) is 2. The molecule has 2 saturated carbocycles. The zero-order chi connectivity index (χ0) is 16.4. The van der Waals surface area contributed by atoms with E-state index in [1.54, 1.807) is 18.5 Å². The summed E-state index contributed by atoms with van der Waals surface area (Å²) in [5.41, 5.74) is 0.796. The Morgan fingerprint density at radius 1 is 1.12 bits per heavy atom. The van der Waals surface area contributed by atoms with Crippen molar-refractivity contribution in [3.05, 3.63) is 42.7 Å². The quantitative estimate of drug-likeness (QED) is 0.902. The second-order valence-corrected chi connectivity index (χ2v) is 6.85. The van der Waals surface area contributed by atoms with Crippen molar-refractivity contribution >= 4 is 11.6 Å². The molecule has 0 saturated heterocycles. The summed E-state index contributed by atoms with van der Waals surface area (Å²) in [6.07, 6.45) is 9.18. The van der Waals surface area contributed by atoms with Crippen LogP contribution < -0.4 is 10.1 Å². The SMILES string of the molecule is O=C(CC1CC2CCC1C2)Nc1ccc(Oc2ncccn2)cc1. The van der Waals surface area contributed by atoms with Crippen LogP contribution >= 0.6 is 0 Å². The molecule has 4 rings (SSSR count). The van der Waals surface area contributed by atoms with Crippen molar-refractivity contribution in [1.82, 2.24) is 9.97 Å². The van der Waals surface area contributed by atoms with E-state index in [2.05, 4.69) is 15.3 Å². The molecule has 1 aromatic carbocycles. The number of aromatic nitrogens is 2. The molecular weight excluding hydrogens is 302 g/mol. The maximum Gasteiger partial charge on any atom is 0.321 e. The van der Waals surface area contributed by atoms with Crippen LogP contribution in [0.2, 0.25) is 0 Å². The number of amides is 1. The summed E-state index contributed by atoms with van der Waals surface area (Å²) in [5, 5.41) is 2.99. The smallest absolute Gasteiger partial charge is 0.321 e. The molecule has 0 spiro atoms. The maximum atomic E-state index is 12.3. The van der Waals surface area contributed by atoms with Crippen LogP contribution in [-0.2, 0) is 4.79 Å². The molecule has 5 heteroatoms. The van der Waals surface area contributed by atoms with Gasteiger partial charge in [0.05, 0.1) is 0 Å². The molecule has 2 aliphatic rings. The van der Waals surface area contributed by atoms with Gasteiger partial charge in [0, 0.05) is 24.5 Å². The van der Waals surface area contributed by atoms with Gasteiger partial charge in [0.1, 0.15) is 5.75 Å². The molecule has 3 atom stereocenters. The number of benzene rings is 1. The van der Waals surface area contributed by atoms with Gasteiger partial charge in [-0.25, -0.2) is 9.97 Å². The van der Waals surface area contributed by atoms with Crippen LogP contribution in [0.3, 0.4) is 0 Å². The number of rotatable bonds is 5. The van der Waals surface area contributed by atoms with Crippen molar-refractivity contribution < 1.29 is 9.53 Å². The molecule has 0 aliphatic heterocycles. The topological polar surface area (TPSA) is 64.1 Å². The van der Waals surface area contributed by atoms with Crippen LogP contribution in [0.4, 0.5) is 5.69 Å². The molecule has 0 radical (unpaired) electrons. The predicted molar refractivity (Wildman–Crippen MR) is 90.7 cm³/mol. The van der Waals surface area contributed by atoms with Gasteiger partial charge >= 0.3 is 6.01 Å². The Bertz CT molecular complexity index is 702. The van der Waals surface area contributed by atoms with Gasteiger partial charge < -0.3 is 10.1 Å². The predicted octanol–water partition coefficient (Wildman–Crippen LogP) is 4.03. The van der Waals surface area contributed by atoms with E-state index >= 15 is 0 Å². The van der Waals surface area contributed by atoms with E-state index in [0.29, 0.717) is 24.1 Å². The first-order chi connectivity index (χ1) is 11.8. The molecule has 1 aromatic heterocycles. The van der Waals surface area contributed by atoms with E-state index in [4.69, 9.17) is 4.74 Å². The lowest BCUT2D eigenvalue weighted by atomic mass is 9.86. The molecule has 24 heavy (non-hydrogen) atoms. The number of nitrogens with one attached hydrogen (secondary N) is 1. The minimum atomic E-state index is 0.118. The number of carbonyl (C=O) groups excluding carboxylic acids is 1. The first kappa shape index (κ1) is 15.1. The molecule has 1 heterocycles. The van der Waals surface area contributed by atoms with Crippen LogP contribution in [0.15, 0.2) is 42.7 Å². The van der Waals surface area contributed by atoms with Gasteiger partial charge in [0.25, 0.3) is 0 Å². The van der Waals surface area contributed by atoms with Crippen LogP contribution in [0.5, 0.6) is 11.8 Å². The number of ether oxygens (including phenoxy) is 1. The number of hydrogen-bond donors (Lipinski definition) is 1. The summed E-state index contributed by atoms with van der Waals surface area (Å²) in [4.78, 5) is 20.3. The van der Waals surface area contributed by atoms with Crippen molar-refractivity contribution in [2.75, 3.05) is 5.32 Å². The van der Waals surface area contributed by atoms with E-state index in [1.165, 1.54) is 25.7 Å². The third-order valence-corrected chi connectivity index (χ3v) is 5.22. The number of carbonyl (C=O) groups is 1. The normalized spacial score (nSPS) is 24.8. The molecule has 2 fully saturated rings.